The summed E-state index contributed by atoms with van der Waals surface area (Å²) in [5, 5.41) is 8.43. The first-order valence-electron chi connectivity index (χ1n) is 7.63. The van der Waals surface area contributed by atoms with Crippen LogP contribution in [0.5, 0.6) is 0 Å². The molecule has 3 heteroatoms. The highest BCUT2D eigenvalue weighted by molar-refractivity contribution is 7.10. The minimum absolute atomic E-state index is 0.426. The number of benzene rings is 2. The Balaban J connectivity index is 1.69. The van der Waals surface area contributed by atoms with Gasteiger partial charge in [0.2, 0.25) is 0 Å². The van der Waals surface area contributed by atoms with E-state index in [4.69, 9.17) is 0 Å². The average molecular weight is 310 g/mol. The lowest BCUT2D eigenvalue weighted by Gasteiger charge is -2.23. The predicted molar refractivity (Wildman–Crippen MR) is 96.4 cm³/mol. The third-order valence-electron chi connectivity index (χ3n) is 4.03. The van der Waals surface area contributed by atoms with Crippen LogP contribution in [0.1, 0.15) is 16.5 Å². The van der Waals surface area contributed by atoms with E-state index >= 15 is 0 Å². The third-order valence-corrected chi connectivity index (χ3v) is 5.00. The molecule has 0 aliphatic carbocycles. The number of nitrogens with one attached hydrogen (secondary N) is 1. The van der Waals surface area contributed by atoms with E-state index in [-0.39, 0.29) is 0 Å². The summed E-state index contributed by atoms with van der Waals surface area (Å²) in [6.07, 6.45) is 0. The molecule has 1 unspecified atom stereocenters. The van der Waals surface area contributed by atoms with Gasteiger partial charge in [-0.2, -0.15) is 0 Å². The lowest BCUT2D eigenvalue weighted by Crippen LogP contribution is -2.30. The van der Waals surface area contributed by atoms with Crippen LogP contribution in [0.4, 0.5) is 0 Å². The maximum absolute atomic E-state index is 3.63. The molecule has 114 valence electrons. The average Bonchev–Trinajstić information content (AvgIpc) is 3.05. The van der Waals surface area contributed by atoms with Gasteiger partial charge in [-0.25, -0.2) is 0 Å². The summed E-state index contributed by atoms with van der Waals surface area (Å²) >= 11 is 1.83. The Morgan fingerprint density at radius 3 is 2.59 bits per heavy atom. The smallest absolute Gasteiger partial charge is 0.0561 e. The summed E-state index contributed by atoms with van der Waals surface area (Å²) in [7, 11) is 4.29. The van der Waals surface area contributed by atoms with Crippen molar-refractivity contribution >= 4 is 22.1 Å². The van der Waals surface area contributed by atoms with Gasteiger partial charge in [0.1, 0.15) is 0 Å². The molecule has 0 fully saturated rings. The van der Waals surface area contributed by atoms with Crippen LogP contribution in [0.15, 0.2) is 60.0 Å². The summed E-state index contributed by atoms with van der Waals surface area (Å²) in [4.78, 5) is 3.69. The maximum atomic E-state index is 3.63. The van der Waals surface area contributed by atoms with E-state index in [0.717, 1.165) is 13.1 Å². The molecule has 0 amide bonds. The number of nitrogens with zero attached hydrogens (tertiary/aromatic N) is 1. The fraction of sp³-hybridized carbons (Fsp3) is 0.263. The second kappa shape index (κ2) is 7.05. The van der Waals surface area contributed by atoms with Crippen molar-refractivity contribution in [1.82, 2.24) is 10.2 Å². The second-order valence-electron chi connectivity index (χ2n) is 5.76. The Labute approximate surface area is 136 Å². The fourth-order valence-electron chi connectivity index (χ4n) is 2.81. The molecule has 1 N–H and O–H groups in total. The van der Waals surface area contributed by atoms with Gasteiger partial charge in [0.05, 0.1) is 6.04 Å². The van der Waals surface area contributed by atoms with Crippen molar-refractivity contribution in [3.63, 3.8) is 0 Å². The molecule has 3 rings (SSSR count). The van der Waals surface area contributed by atoms with Gasteiger partial charge >= 0.3 is 0 Å². The van der Waals surface area contributed by atoms with Crippen molar-refractivity contribution < 1.29 is 0 Å². The number of fused-ring (bicyclic) bond motifs is 1. The number of rotatable bonds is 6. The van der Waals surface area contributed by atoms with Gasteiger partial charge in [0.25, 0.3) is 0 Å². The quantitative estimate of drug-likeness (QED) is 0.730. The van der Waals surface area contributed by atoms with Crippen molar-refractivity contribution in [2.75, 3.05) is 20.6 Å². The highest BCUT2D eigenvalue weighted by Gasteiger charge is 2.14. The fourth-order valence-corrected chi connectivity index (χ4v) is 3.73. The van der Waals surface area contributed by atoms with E-state index in [9.17, 15) is 0 Å². The molecular formula is C19H22N2S. The minimum atomic E-state index is 0.426. The lowest BCUT2D eigenvalue weighted by molar-refractivity contribution is 0.292. The molecule has 2 aromatic carbocycles. The van der Waals surface area contributed by atoms with Crippen molar-refractivity contribution in [1.29, 1.82) is 0 Å². The number of likely N-dealkylation sites (N-methyl/N-ethyl adjacent to an activating group) is 1. The zero-order valence-electron chi connectivity index (χ0n) is 13.1. The topological polar surface area (TPSA) is 15.3 Å². The molecule has 1 atom stereocenters. The highest BCUT2D eigenvalue weighted by Crippen LogP contribution is 2.23. The molecule has 1 heterocycles. The molecule has 2 nitrogen and oxygen atoms in total. The molecule has 0 saturated carbocycles. The Morgan fingerprint density at radius 1 is 1.00 bits per heavy atom. The van der Waals surface area contributed by atoms with Crippen LogP contribution in [-0.4, -0.2) is 25.5 Å². The molecule has 0 aliphatic rings. The number of hydrogen-bond donors (Lipinski definition) is 1. The van der Waals surface area contributed by atoms with Gasteiger partial charge in [0, 0.05) is 18.0 Å². The maximum Gasteiger partial charge on any atom is 0.0561 e. The van der Waals surface area contributed by atoms with Crippen molar-refractivity contribution in [3.8, 4) is 0 Å². The molecule has 1 aromatic heterocycles. The molecule has 0 radical (unpaired) electrons. The van der Waals surface area contributed by atoms with E-state index in [1.54, 1.807) is 0 Å². The van der Waals surface area contributed by atoms with Crippen LogP contribution in [0.2, 0.25) is 0 Å². The van der Waals surface area contributed by atoms with Crippen LogP contribution in [-0.2, 0) is 6.54 Å². The molecule has 3 aromatic rings. The van der Waals surface area contributed by atoms with Crippen molar-refractivity contribution in [2.45, 2.75) is 12.6 Å². The molecule has 0 spiro atoms. The van der Waals surface area contributed by atoms with Gasteiger partial charge in [-0.05, 0) is 41.9 Å². The van der Waals surface area contributed by atoms with Gasteiger partial charge in [-0.15, -0.1) is 11.3 Å². The first-order chi connectivity index (χ1) is 10.8. The largest absolute Gasteiger partial charge is 0.311 e. The van der Waals surface area contributed by atoms with Crippen LogP contribution < -0.4 is 5.32 Å². The molecule has 22 heavy (non-hydrogen) atoms. The zero-order valence-corrected chi connectivity index (χ0v) is 13.9. The summed E-state index contributed by atoms with van der Waals surface area (Å²) in [5.74, 6) is 0. The molecular weight excluding hydrogens is 288 g/mol. The summed E-state index contributed by atoms with van der Waals surface area (Å²) in [6, 6.07) is 19.9. The van der Waals surface area contributed by atoms with Gasteiger partial charge in [-0.1, -0.05) is 48.5 Å². The van der Waals surface area contributed by atoms with Crippen LogP contribution >= 0.6 is 11.3 Å². The van der Waals surface area contributed by atoms with Crippen LogP contribution in [0.3, 0.4) is 0 Å². The normalized spacial score (nSPS) is 12.9. The van der Waals surface area contributed by atoms with E-state index in [2.05, 4.69) is 84.3 Å². The van der Waals surface area contributed by atoms with Crippen LogP contribution in [0, 0.1) is 0 Å². The Bertz CT molecular complexity index is 714. The van der Waals surface area contributed by atoms with E-state index in [1.165, 1.54) is 21.2 Å². The zero-order chi connectivity index (χ0) is 15.4. The van der Waals surface area contributed by atoms with E-state index < -0.39 is 0 Å². The monoisotopic (exact) mass is 310 g/mol. The first-order valence-corrected chi connectivity index (χ1v) is 8.51. The van der Waals surface area contributed by atoms with Gasteiger partial charge in [-0.3, -0.25) is 0 Å². The number of thiophene rings is 1. The Hall–Kier alpha value is -1.68. The Morgan fingerprint density at radius 2 is 1.82 bits per heavy atom. The first kappa shape index (κ1) is 15.2. The molecule has 0 aliphatic heterocycles. The molecule has 0 saturated heterocycles. The van der Waals surface area contributed by atoms with Crippen LogP contribution in [0.25, 0.3) is 10.8 Å². The summed E-state index contributed by atoms with van der Waals surface area (Å²) in [5.41, 5.74) is 1.36. The highest BCUT2D eigenvalue weighted by atomic mass is 32.1. The third kappa shape index (κ3) is 3.38. The standard InChI is InChI=1S/C19H22N2S/c1-21(2)18(19-11-6-12-22-19)14-20-13-16-9-5-8-15-7-3-4-10-17(15)16/h3-12,18,20H,13-14H2,1-2H3. The lowest BCUT2D eigenvalue weighted by atomic mass is 10.0. The summed E-state index contributed by atoms with van der Waals surface area (Å²) < 4.78 is 0. The summed E-state index contributed by atoms with van der Waals surface area (Å²) in [6.45, 7) is 1.85. The van der Waals surface area contributed by atoms with Crippen molar-refractivity contribution in [3.05, 3.63) is 70.4 Å². The van der Waals surface area contributed by atoms with Gasteiger partial charge < -0.3 is 10.2 Å². The minimum Gasteiger partial charge on any atom is -0.311 e. The molecule has 0 bridgehead atoms. The van der Waals surface area contributed by atoms with E-state index in [0.29, 0.717) is 6.04 Å². The van der Waals surface area contributed by atoms with Gasteiger partial charge in [0.15, 0.2) is 0 Å². The van der Waals surface area contributed by atoms with Crippen molar-refractivity contribution in [2.24, 2.45) is 0 Å². The number of hydrogen-bond acceptors (Lipinski definition) is 3. The second-order valence-corrected chi connectivity index (χ2v) is 6.74. The SMILES string of the molecule is CN(C)C(CNCc1cccc2ccccc12)c1cccs1. The van der Waals surface area contributed by atoms with E-state index in [1.807, 2.05) is 11.3 Å². The Kier molecular flexibility index (Phi) is 4.88. The predicted octanol–water partition coefficient (Wildman–Crippen LogP) is 4.29.